The summed E-state index contributed by atoms with van der Waals surface area (Å²) in [6.07, 6.45) is -3.01. The van der Waals surface area contributed by atoms with Gasteiger partial charge >= 0.3 is 12.1 Å². The molecular formula is C21H16F4N2O3. The highest BCUT2D eigenvalue weighted by atomic mass is 19.4. The maximum absolute atomic E-state index is 14.6. The number of halogens is 4. The Kier molecular flexibility index (Phi) is 5.91. The van der Waals surface area contributed by atoms with Gasteiger partial charge in [0, 0.05) is 6.20 Å². The number of hydrogen-bond donors (Lipinski definition) is 2. The average molecular weight is 420 g/mol. The molecule has 1 heterocycles. The van der Waals surface area contributed by atoms with Crippen molar-refractivity contribution in [3.8, 4) is 16.9 Å². The molecule has 3 aromatic rings. The summed E-state index contributed by atoms with van der Waals surface area (Å²) in [7, 11) is 0. The number of pyridine rings is 1. The van der Waals surface area contributed by atoms with Crippen LogP contribution in [0.15, 0.2) is 54.7 Å². The molecule has 0 bridgehead atoms. The van der Waals surface area contributed by atoms with Crippen LogP contribution in [0.5, 0.6) is 5.75 Å². The molecule has 9 heteroatoms. The van der Waals surface area contributed by atoms with Crippen molar-refractivity contribution in [3.63, 3.8) is 0 Å². The number of aryl methyl sites for hydroxylation is 1. The minimum Gasteiger partial charge on any atom is -0.484 e. The van der Waals surface area contributed by atoms with Crippen LogP contribution < -0.4 is 10.1 Å². The SMILES string of the molecule is Cc1cnc(Nc2ccc(-c3cccc(OCC(F)(F)F)c3)cc2F)c(C(=O)O)c1. The molecule has 0 aliphatic rings. The van der Waals surface area contributed by atoms with Crippen molar-refractivity contribution in [2.75, 3.05) is 11.9 Å². The number of carboxylic acids is 1. The molecule has 0 saturated carbocycles. The van der Waals surface area contributed by atoms with Gasteiger partial charge < -0.3 is 15.2 Å². The molecule has 0 radical (unpaired) electrons. The highest BCUT2D eigenvalue weighted by Crippen LogP contribution is 2.29. The van der Waals surface area contributed by atoms with Gasteiger partial charge in [-0.15, -0.1) is 0 Å². The van der Waals surface area contributed by atoms with E-state index in [4.69, 9.17) is 4.74 Å². The second-order valence-electron chi connectivity index (χ2n) is 6.47. The Morgan fingerprint density at radius 3 is 2.53 bits per heavy atom. The van der Waals surface area contributed by atoms with Gasteiger partial charge in [0.2, 0.25) is 0 Å². The van der Waals surface area contributed by atoms with Gasteiger partial charge in [0.1, 0.15) is 22.9 Å². The van der Waals surface area contributed by atoms with Crippen molar-refractivity contribution >= 4 is 17.5 Å². The second kappa shape index (κ2) is 8.40. The summed E-state index contributed by atoms with van der Waals surface area (Å²) in [6.45, 7) is 0.258. The molecule has 1 aromatic heterocycles. The quantitative estimate of drug-likeness (QED) is 0.510. The molecule has 5 nitrogen and oxygen atoms in total. The van der Waals surface area contributed by atoms with Crippen LogP contribution in [0, 0.1) is 12.7 Å². The van der Waals surface area contributed by atoms with Crippen LogP contribution in [-0.4, -0.2) is 28.8 Å². The summed E-state index contributed by atoms with van der Waals surface area (Å²) in [5.41, 5.74) is 1.40. The van der Waals surface area contributed by atoms with Gasteiger partial charge in [0.15, 0.2) is 6.61 Å². The number of nitrogens with zero attached hydrogens (tertiary/aromatic N) is 1. The van der Waals surface area contributed by atoms with E-state index < -0.39 is 24.6 Å². The molecule has 2 aromatic carbocycles. The Morgan fingerprint density at radius 2 is 1.87 bits per heavy atom. The summed E-state index contributed by atoms with van der Waals surface area (Å²) in [5.74, 6) is -1.90. The van der Waals surface area contributed by atoms with Crippen molar-refractivity contribution < 1.29 is 32.2 Å². The van der Waals surface area contributed by atoms with Crippen LogP contribution in [0.4, 0.5) is 29.1 Å². The maximum Gasteiger partial charge on any atom is 0.422 e. The van der Waals surface area contributed by atoms with E-state index in [1.165, 1.54) is 42.6 Å². The highest BCUT2D eigenvalue weighted by molar-refractivity contribution is 5.94. The summed E-state index contributed by atoms with van der Waals surface area (Å²) >= 11 is 0. The highest BCUT2D eigenvalue weighted by Gasteiger charge is 2.28. The summed E-state index contributed by atoms with van der Waals surface area (Å²) in [6, 6.07) is 11.4. The summed E-state index contributed by atoms with van der Waals surface area (Å²) < 4.78 is 56.3. The first-order chi connectivity index (χ1) is 14.1. The lowest BCUT2D eigenvalue weighted by molar-refractivity contribution is -0.153. The Labute approximate surface area is 169 Å². The van der Waals surface area contributed by atoms with E-state index in [9.17, 15) is 27.5 Å². The summed E-state index contributed by atoms with van der Waals surface area (Å²) in [4.78, 5) is 15.4. The third-order valence-electron chi connectivity index (χ3n) is 4.05. The van der Waals surface area contributed by atoms with E-state index in [0.717, 1.165) is 0 Å². The maximum atomic E-state index is 14.6. The van der Waals surface area contributed by atoms with E-state index in [0.29, 0.717) is 16.7 Å². The largest absolute Gasteiger partial charge is 0.484 e. The number of nitrogens with one attached hydrogen (secondary N) is 1. The first-order valence-electron chi connectivity index (χ1n) is 8.69. The molecule has 156 valence electrons. The fourth-order valence-electron chi connectivity index (χ4n) is 2.69. The molecule has 30 heavy (non-hydrogen) atoms. The predicted octanol–water partition coefficient (Wildman–Crippen LogP) is 5.58. The number of rotatable bonds is 6. The van der Waals surface area contributed by atoms with E-state index in [2.05, 4.69) is 10.3 Å². The number of carboxylic acid groups (broad SMARTS) is 1. The number of benzene rings is 2. The molecule has 0 unspecified atom stereocenters. The number of ether oxygens (including phenoxy) is 1. The molecular weight excluding hydrogens is 404 g/mol. The Bertz CT molecular complexity index is 1080. The zero-order valence-corrected chi connectivity index (χ0v) is 15.6. The van der Waals surface area contributed by atoms with Crippen LogP contribution in [0.1, 0.15) is 15.9 Å². The monoisotopic (exact) mass is 420 g/mol. The number of alkyl halides is 3. The third-order valence-corrected chi connectivity index (χ3v) is 4.05. The van der Waals surface area contributed by atoms with Crippen LogP contribution in [0.2, 0.25) is 0 Å². The number of carbonyl (C=O) groups is 1. The Hall–Kier alpha value is -3.62. The second-order valence-corrected chi connectivity index (χ2v) is 6.47. The average Bonchev–Trinajstić information content (AvgIpc) is 2.68. The standard InChI is InChI=1S/C21H16F4N2O3/c1-12-7-16(20(28)29)19(26-10-12)27-18-6-5-14(9-17(18)22)13-3-2-4-15(8-13)30-11-21(23,24)25/h2-10H,11H2,1H3,(H,26,27)(H,28,29). The lowest BCUT2D eigenvalue weighted by atomic mass is 10.0. The van der Waals surface area contributed by atoms with Gasteiger partial charge in [0.05, 0.1) is 5.69 Å². The fourth-order valence-corrected chi connectivity index (χ4v) is 2.69. The third kappa shape index (κ3) is 5.25. The van der Waals surface area contributed by atoms with E-state index in [1.54, 1.807) is 19.1 Å². The molecule has 0 aliphatic heterocycles. The molecule has 0 amide bonds. The van der Waals surface area contributed by atoms with Gasteiger partial charge in [-0.25, -0.2) is 14.2 Å². The van der Waals surface area contributed by atoms with Crippen LogP contribution in [0.3, 0.4) is 0 Å². The van der Waals surface area contributed by atoms with Crippen molar-refractivity contribution in [1.82, 2.24) is 4.98 Å². The van der Waals surface area contributed by atoms with E-state index in [1.807, 2.05) is 0 Å². The van der Waals surface area contributed by atoms with Gasteiger partial charge in [-0.2, -0.15) is 13.2 Å². The van der Waals surface area contributed by atoms with Gasteiger partial charge in [-0.3, -0.25) is 0 Å². The normalized spacial score (nSPS) is 11.2. The molecule has 2 N–H and O–H groups in total. The van der Waals surface area contributed by atoms with Crippen LogP contribution in [-0.2, 0) is 0 Å². The predicted molar refractivity (Wildman–Crippen MR) is 103 cm³/mol. The first-order valence-corrected chi connectivity index (χ1v) is 8.69. The lowest BCUT2D eigenvalue weighted by Crippen LogP contribution is -2.19. The summed E-state index contributed by atoms with van der Waals surface area (Å²) in [5, 5.41) is 12.0. The lowest BCUT2D eigenvalue weighted by Gasteiger charge is -2.12. The van der Waals surface area contributed by atoms with Crippen molar-refractivity contribution in [3.05, 3.63) is 71.7 Å². The van der Waals surface area contributed by atoms with Crippen molar-refractivity contribution in [2.24, 2.45) is 0 Å². The minimum absolute atomic E-state index is 0.00193. The number of aromatic carboxylic acids is 1. The smallest absolute Gasteiger partial charge is 0.422 e. The molecule has 0 fully saturated rings. The fraction of sp³-hybridized carbons (Fsp3) is 0.143. The molecule has 0 spiro atoms. The number of hydrogen-bond acceptors (Lipinski definition) is 4. The van der Waals surface area contributed by atoms with Crippen molar-refractivity contribution in [2.45, 2.75) is 13.1 Å². The Morgan fingerprint density at radius 1 is 1.13 bits per heavy atom. The molecule has 0 atom stereocenters. The van der Waals surface area contributed by atoms with Crippen LogP contribution in [0.25, 0.3) is 11.1 Å². The van der Waals surface area contributed by atoms with Gasteiger partial charge in [-0.1, -0.05) is 18.2 Å². The van der Waals surface area contributed by atoms with Crippen molar-refractivity contribution in [1.29, 1.82) is 0 Å². The topological polar surface area (TPSA) is 71.5 Å². The molecule has 0 aliphatic carbocycles. The van der Waals surface area contributed by atoms with Gasteiger partial charge in [0.25, 0.3) is 0 Å². The van der Waals surface area contributed by atoms with E-state index >= 15 is 0 Å². The molecule has 3 rings (SSSR count). The zero-order chi connectivity index (χ0) is 21.9. The Balaban J connectivity index is 1.84. The van der Waals surface area contributed by atoms with E-state index in [-0.39, 0.29) is 22.8 Å². The van der Waals surface area contributed by atoms with Gasteiger partial charge in [-0.05, 0) is 53.9 Å². The zero-order valence-electron chi connectivity index (χ0n) is 15.6. The number of aromatic nitrogens is 1. The number of anilines is 2. The molecule has 0 saturated heterocycles. The first kappa shape index (κ1) is 21.1. The minimum atomic E-state index is -4.46. The van der Waals surface area contributed by atoms with Crippen LogP contribution >= 0.6 is 0 Å².